The number of rotatable bonds is 8. The molecular formula is C18H20F2N2O3S2. The Morgan fingerprint density at radius 2 is 1.78 bits per heavy atom. The number of nitrogens with one attached hydrogen (secondary N) is 1. The molecule has 0 saturated heterocycles. The van der Waals surface area contributed by atoms with E-state index in [1.165, 1.54) is 0 Å². The van der Waals surface area contributed by atoms with Crippen molar-refractivity contribution in [2.24, 2.45) is 0 Å². The summed E-state index contributed by atoms with van der Waals surface area (Å²) in [5.41, 5.74) is 1.05. The van der Waals surface area contributed by atoms with E-state index in [1.54, 1.807) is 11.8 Å². The predicted molar refractivity (Wildman–Crippen MR) is 103 cm³/mol. The van der Waals surface area contributed by atoms with Gasteiger partial charge in [0.05, 0.1) is 11.9 Å². The summed E-state index contributed by atoms with van der Waals surface area (Å²) in [6, 6.07) is 10.6. The average molecular weight is 414 g/mol. The van der Waals surface area contributed by atoms with Gasteiger partial charge in [-0.15, -0.1) is 11.8 Å². The number of carbonyl (C=O) groups is 1. The molecule has 27 heavy (non-hydrogen) atoms. The van der Waals surface area contributed by atoms with Crippen LogP contribution >= 0.6 is 11.8 Å². The van der Waals surface area contributed by atoms with Crippen molar-refractivity contribution in [3.63, 3.8) is 0 Å². The number of hydrogen-bond donors (Lipinski definition) is 1. The molecule has 0 atom stereocenters. The van der Waals surface area contributed by atoms with E-state index < -0.39 is 34.1 Å². The van der Waals surface area contributed by atoms with Crippen molar-refractivity contribution in [1.82, 2.24) is 5.32 Å². The zero-order chi connectivity index (χ0) is 20.0. The van der Waals surface area contributed by atoms with Crippen LogP contribution in [0.3, 0.4) is 0 Å². The van der Waals surface area contributed by atoms with Crippen molar-refractivity contribution < 1.29 is 22.0 Å². The number of anilines is 1. The van der Waals surface area contributed by atoms with Crippen LogP contribution < -0.4 is 9.62 Å². The molecule has 2 rings (SSSR count). The van der Waals surface area contributed by atoms with E-state index in [-0.39, 0.29) is 5.69 Å². The zero-order valence-electron chi connectivity index (χ0n) is 14.9. The third-order valence-corrected chi connectivity index (χ3v) is 5.75. The van der Waals surface area contributed by atoms with Gasteiger partial charge in [0.1, 0.15) is 6.54 Å². The van der Waals surface area contributed by atoms with E-state index in [9.17, 15) is 22.0 Å². The Bertz CT molecular complexity index is 903. The minimum absolute atomic E-state index is 0.111. The standard InChI is InChI=1S/C18H20F2N2O3S2/c1-13-3-6-15(7-4-13)26-10-9-21-18(23)12-22(27(2,24)25)14-5-8-16(19)17(20)11-14/h3-8,11H,9-10,12H2,1-2H3,(H,21,23). The molecule has 0 bridgehead atoms. The Hall–Kier alpha value is -2.13. The second-order valence-electron chi connectivity index (χ2n) is 5.88. The number of carbonyl (C=O) groups excluding carboxylic acids is 1. The Kier molecular flexibility index (Phi) is 7.20. The van der Waals surface area contributed by atoms with E-state index in [2.05, 4.69) is 5.32 Å². The third-order valence-electron chi connectivity index (χ3n) is 3.59. The van der Waals surface area contributed by atoms with Gasteiger partial charge in [-0.2, -0.15) is 0 Å². The molecule has 1 N–H and O–H groups in total. The summed E-state index contributed by atoms with van der Waals surface area (Å²) in [5, 5.41) is 2.63. The average Bonchev–Trinajstić information content (AvgIpc) is 2.60. The van der Waals surface area contributed by atoms with Crippen molar-refractivity contribution in [3.8, 4) is 0 Å². The molecule has 0 spiro atoms. The van der Waals surface area contributed by atoms with Crippen LogP contribution in [-0.2, 0) is 14.8 Å². The number of sulfonamides is 1. The smallest absolute Gasteiger partial charge is 0.240 e. The maximum atomic E-state index is 13.4. The first-order valence-electron chi connectivity index (χ1n) is 8.06. The molecule has 0 radical (unpaired) electrons. The van der Waals surface area contributed by atoms with Gasteiger partial charge in [0, 0.05) is 23.3 Å². The van der Waals surface area contributed by atoms with Gasteiger partial charge in [-0.3, -0.25) is 9.10 Å². The van der Waals surface area contributed by atoms with Gasteiger partial charge in [-0.1, -0.05) is 17.7 Å². The summed E-state index contributed by atoms with van der Waals surface area (Å²) < 4.78 is 51.1. The van der Waals surface area contributed by atoms with Crippen LogP contribution in [0.2, 0.25) is 0 Å². The highest BCUT2D eigenvalue weighted by atomic mass is 32.2. The molecule has 1 amide bonds. The lowest BCUT2D eigenvalue weighted by atomic mass is 10.2. The van der Waals surface area contributed by atoms with Crippen LogP contribution in [0.4, 0.5) is 14.5 Å². The van der Waals surface area contributed by atoms with Gasteiger partial charge in [-0.05, 0) is 31.2 Å². The molecule has 2 aromatic carbocycles. The highest BCUT2D eigenvalue weighted by Crippen LogP contribution is 2.20. The van der Waals surface area contributed by atoms with Gasteiger partial charge in [0.25, 0.3) is 0 Å². The Balaban J connectivity index is 1.92. The van der Waals surface area contributed by atoms with Gasteiger partial charge < -0.3 is 5.32 Å². The van der Waals surface area contributed by atoms with Gasteiger partial charge in [-0.25, -0.2) is 17.2 Å². The number of benzene rings is 2. The summed E-state index contributed by atoms with van der Waals surface area (Å²) in [5.74, 6) is -2.20. The zero-order valence-corrected chi connectivity index (χ0v) is 16.5. The molecule has 146 valence electrons. The molecule has 0 aliphatic heterocycles. The van der Waals surface area contributed by atoms with E-state index >= 15 is 0 Å². The molecule has 0 aromatic heterocycles. The van der Waals surface area contributed by atoms with Crippen molar-refractivity contribution >= 4 is 33.4 Å². The fourth-order valence-corrected chi connectivity index (χ4v) is 3.84. The van der Waals surface area contributed by atoms with Gasteiger partial charge in [0.2, 0.25) is 15.9 Å². The summed E-state index contributed by atoms with van der Waals surface area (Å²) in [4.78, 5) is 13.2. The molecule has 0 unspecified atom stereocenters. The molecule has 2 aromatic rings. The van der Waals surface area contributed by atoms with Crippen LogP contribution in [0.15, 0.2) is 47.4 Å². The maximum Gasteiger partial charge on any atom is 0.240 e. The first kappa shape index (κ1) is 21.2. The highest BCUT2D eigenvalue weighted by molar-refractivity contribution is 7.99. The topological polar surface area (TPSA) is 66.5 Å². The molecule has 0 aliphatic carbocycles. The predicted octanol–water partition coefficient (Wildman–Crippen LogP) is 2.95. The number of thioether (sulfide) groups is 1. The Morgan fingerprint density at radius 3 is 2.37 bits per heavy atom. The molecule has 0 aliphatic rings. The molecule has 9 heteroatoms. The van der Waals surface area contributed by atoms with Crippen LogP contribution in [0, 0.1) is 18.6 Å². The fraction of sp³-hybridized carbons (Fsp3) is 0.278. The molecule has 0 heterocycles. The summed E-state index contributed by atoms with van der Waals surface area (Å²) >= 11 is 1.56. The number of hydrogen-bond acceptors (Lipinski definition) is 4. The SMILES string of the molecule is Cc1ccc(SCCNC(=O)CN(c2ccc(F)c(F)c2)S(C)(=O)=O)cc1. The van der Waals surface area contributed by atoms with Crippen molar-refractivity contribution in [2.75, 3.05) is 29.4 Å². The quantitative estimate of drug-likeness (QED) is 0.533. The molecule has 0 saturated carbocycles. The lowest BCUT2D eigenvalue weighted by Crippen LogP contribution is -2.41. The van der Waals surface area contributed by atoms with Gasteiger partial charge >= 0.3 is 0 Å². The van der Waals surface area contributed by atoms with E-state index in [0.29, 0.717) is 12.3 Å². The van der Waals surface area contributed by atoms with Crippen LogP contribution in [0.5, 0.6) is 0 Å². The van der Waals surface area contributed by atoms with Crippen molar-refractivity contribution in [1.29, 1.82) is 0 Å². The minimum atomic E-state index is -3.84. The summed E-state index contributed by atoms with van der Waals surface area (Å²) in [7, 11) is -3.84. The number of halogens is 2. The number of aryl methyl sites for hydroxylation is 1. The third kappa shape index (κ3) is 6.51. The van der Waals surface area contributed by atoms with Crippen molar-refractivity contribution in [2.45, 2.75) is 11.8 Å². The van der Waals surface area contributed by atoms with Crippen LogP contribution in [-0.4, -0.2) is 39.4 Å². The van der Waals surface area contributed by atoms with Crippen LogP contribution in [0.25, 0.3) is 0 Å². The van der Waals surface area contributed by atoms with E-state index in [4.69, 9.17) is 0 Å². The van der Waals surface area contributed by atoms with Crippen molar-refractivity contribution in [3.05, 3.63) is 59.7 Å². The normalized spacial score (nSPS) is 11.3. The Morgan fingerprint density at radius 1 is 1.11 bits per heavy atom. The lowest BCUT2D eigenvalue weighted by molar-refractivity contribution is -0.119. The first-order valence-corrected chi connectivity index (χ1v) is 10.9. The number of nitrogens with zero attached hydrogens (tertiary/aromatic N) is 1. The fourth-order valence-electron chi connectivity index (χ4n) is 2.22. The van der Waals surface area contributed by atoms with Gasteiger partial charge in [0.15, 0.2) is 11.6 Å². The molecule has 0 fully saturated rings. The first-order chi connectivity index (χ1) is 12.7. The minimum Gasteiger partial charge on any atom is -0.354 e. The molecular weight excluding hydrogens is 394 g/mol. The highest BCUT2D eigenvalue weighted by Gasteiger charge is 2.21. The monoisotopic (exact) mass is 414 g/mol. The Labute approximate surface area is 161 Å². The van der Waals surface area contributed by atoms with E-state index in [0.717, 1.165) is 39.2 Å². The van der Waals surface area contributed by atoms with Crippen LogP contribution in [0.1, 0.15) is 5.56 Å². The van der Waals surface area contributed by atoms with E-state index in [1.807, 2.05) is 31.2 Å². The lowest BCUT2D eigenvalue weighted by Gasteiger charge is -2.22. The second-order valence-corrected chi connectivity index (χ2v) is 8.95. The second kappa shape index (κ2) is 9.18. The summed E-state index contributed by atoms with van der Waals surface area (Å²) in [6.07, 6.45) is 0.898. The maximum absolute atomic E-state index is 13.4. The molecule has 5 nitrogen and oxygen atoms in total. The summed E-state index contributed by atoms with van der Waals surface area (Å²) in [6.45, 7) is 1.82. The number of amides is 1. The largest absolute Gasteiger partial charge is 0.354 e.